The van der Waals surface area contributed by atoms with Crippen LogP contribution in [-0.4, -0.2) is 60.6 Å². The lowest BCUT2D eigenvalue weighted by Crippen LogP contribution is -2.44. The molecular weight excluding hydrogens is 476 g/mol. The van der Waals surface area contributed by atoms with E-state index >= 15 is 0 Å². The minimum Gasteiger partial charge on any atom is -0.361 e. The van der Waals surface area contributed by atoms with Crippen LogP contribution in [0.3, 0.4) is 0 Å². The highest BCUT2D eigenvalue weighted by Gasteiger charge is 2.38. The number of nitrogens with zero attached hydrogens (tertiary/aromatic N) is 2. The van der Waals surface area contributed by atoms with E-state index < -0.39 is 10.0 Å². The molecule has 1 atom stereocenters. The average Bonchev–Trinajstić information content (AvgIpc) is 3.52. The summed E-state index contributed by atoms with van der Waals surface area (Å²) in [6.07, 6.45) is 5.84. The van der Waals surface area contributed by atoms with Crippen molar-refractivity contribution in [2.45, 2.75) is 69.7 Å². The quantitative estimate of drug-likeness (QED) is 0.640. The Morgan fingerprint density at radius 3 is 2.36 bits per heavy atom. The van der Waals surface area contributed by atoms with Gasteiger partial charge in [0, 0.05) is 43.5 Å². The normalized spacial score (nSPS) is 21.4. The second-order valence-corrected chi connectivity index (χ2v) is 12.3. The number of benzene rings is 1. The van der Waals surface area contributed by atoms with Crippen molar-refractivity contribution in [2.75, 3.05) is 26.2 Å². The molecule has 3 heterocycles. The highest BCUT2D eigenvalue weighted by atomic mass is 32.2. The Labute approximate surface area is 213 Å². The van der Waals surface area contributed by atoms with Gasteiger partial charge in [-0.3, -0.25) is 9.59 Å². The monoisotopic (exact) mass is 512 g/mol. The molecule has 36 heavy (non-hydrogen) atoms. The van der Waals surface area contributed by atoms with Gasteiger partial charge in [0.15, 0.2) is 0 Å². The fraction of sp³-hybridized carbons (Fsp3) is 0.556. The van der Waals surface area contributed by atoms with E-state index in [1.165, 1.54) is 15.4 Å². The lowest BCUT2D eigenvalue weighted by molar-refractivity contribution is -0.127. The average molecular weight is 513 g/mol. The number of hydrogen-bond donors (Lipinski definition) is 2. The second-order valence-electron chi connectivity index (χ2n) is 10.4. The highest BCUT2D eigenvalue weighted by Crippen LogP contribution is 2.33. The van der Waals surface area contributed by atoms with Gasteiger partial charge < -0.3 is 15.2 Å². The van der Waals surface area contributed by atoms with Gasteiger partial charge in [0.25, 0.3) is 5.91 Å². The first-order valence-corrected chi connectivity index (χ1v) is 14.6. The molecule has 2 aliphatic heterocycles. The van der Waals surface area contributed by atoms with Crippen molar-refractivity contribution in [2.24, 2.45) is 5.92 Å². The first kappa shape index (κ1) is 25.0. The van der Waals surface area contributed by atoms with Crippen LogP contribution >= 0.6 is 0 Å². The number of carbonyl (C=O) groups is 2. The first-order chi connectivity index (χ1) is 17.3. The molecule has 2 saturated heterocycles. The topological polar surface area (TPSA) is 103 Å². The molecule has 8 nitrogen and oxygen atoms in total. The van der Waals surface area contributed by atoms with Crippen molar-refractivity contribution in [1.82, 2.24) is 19.5 Å². The van der Waals surface area contributed by atoms with Crippen molar-refractivity contribution in [1.29, 1.82) is 0 Å². The van der Waals surface area contributed by atoms with Crippen molar-refractivity contribution < 1.29 is 18.0 Å². The maximum Gasteiger partial charge on any atom is 0.257 e. The first-order valence-electron chi connectivity index (χ1n) is 13.1. The molecule has 1 unspecified atom stereocenters. The van der Waals surface area contributed by atoms with Crippen LogP contribution < -0.4 is 5.32 Å². The summed E-state index contributed by atoms with van der Waals surface area (Å²) >= 11 is 0. The summed E-state index contributed by atoms with van der Waals surface area (Å²) in [5.41, 5.74) is 3.85. The van der Waals surface area contributed by atoms with Crippen LogP contribution in [0, 0.1) is 19.8 Å². The molecule has 1 aromatic carbocycles. The summed E-state index contributed by atoms with van der Waals surface area (Å²) in [4.78, 5) is 31.3. The van der Waals surface area contributed by atoms with Crippen LogP contribution in [0.25, 0.3) is 0 Å². The summed E-state index contributed by atoms with van der Waals surface area (Å²) in [5, 5.41) is 3.24. The van der Waals surface area contributed by atoms with Gasteiger partial charge in [-0.15, -0.1) is 0 Å². The van der Waals surface area contributed by atoms with E-state index in [4.69, 9.17) is 0 Å². The van der Waals surface area contributed by atoms with Gasteiger partial charge in [-0.2, -0.15) is 4.31 Å². The third-order valence-corrected chi connectivity index (χ3v) is 10.1. The molecule has 5 rings (SSSR count). The molecule has 0 saturated carbocycles. The summed E-state index contributed by atoms with van der Waals surface area (Å²) in [7, 11) is -3.87. The molecule has 1 aliphatic carbocycles. The Hall–Kier alpha value is -2.65. The third-order valence-electron chi connectivity index (χ3n) is 8.03. The Kier molecular flexibility index (Phi) is 6.96. The molecule has 0 spiro atoms. The maximum absolute atomic E-state index is 13.7. The van der Waals surface area contributed by atoms with Crippen molar-refractivity contribution >= 4 is 21.8 Å². The molecule has 0 radical (unpaired) electrons. The molecule has 194 valence electrons. The second kappa shape index (κ2) is 10.0. The number of carbonyl (C=O) groups excluding carboxylic acids is 2. The van der Waals surface area contributed by atoms with Crippen LogP contribution in [-0.2, 0) is 21.2 Å². The summed E-state index contributed by atoms with van der Waals surface area (Å²) < 4.78 is 28.9. The molecule has 0 bridgehead atoms. The van der Waals surface area contributed by atoms with Gasteiger partial charge in [0.2, 0.25) is 15.9 Å². The number of aryl methyl sites for hydroxylation is 3. The molecule has 1 aromatic heterocycles. The van der Waals surface area contributed by atoms with Gasteiger partial charge in [-0.25, -0.2) is 8.42 Å². The predicted octanol–water partition coefficient (Wildman–Crippen LogP) is 3.46. The number of aromatic nitrogens is 1. The number of hydrogen-bond acceptors (Lipinski definition) is 4. The summed E-state index contributed by atoms with van der Waals surface area (Å²) in [5.74, 6) is -0.424. The van der Waals surface area contributed by atoms with Crippen LogP contribution in [0.5, 0.6) is 0 Å². The van der Waals surface area contributed by atoms with E-state index in [9.17, 15) is 18.0 Å². The van der Waals surface area contributed by atoms with Crippen molar-refractivity contribution in [3.8, 4) is 0 Å². The number of sulfonamides is 1. The van der Waals surface area contributed by atoms with E-state index in [1.54, 1.807) is 18.7 Å². The number of H-pyrrole nitrogens is 1. The lowest BCUT2D eigenvalue weighted by atomic mass is 9.87. The van der Waals surface area contributed by atoms with Gasteiger partial charge in [0.05, 0.1) is 11.6 Å². The standard InChI is InChI=1S/C27H36N4O4S/c1-18-24(27(33)30-14-5-6-15-30)25(19(2)28-18)36(34,35)31-16-12-21(13-17-31)26(32)29-23-11-7-9-20-8-3-4-10-22(20)23/h3-4,8,10,21,23,28H,5-7,9,11-17H2,1-2H3,(H,29,32). The summed E-state index contributed by atoms with van der Waals surface area (Å²) in [6, 6.07) is 8.30. The van der Waals surface area contributed by atoms with Crippen molar-refractivity contribution in [3.63, 3.8) is 0 Å². The molecule has 2 N–H and O–H groups in total. The smallest absolute Gasteiger partial charge is 0.257 e. The number of aromatic amines is 1. The van der Waals surface area contributed by atoms with Crippen LogP contribution in [0.4, 0.5) is 0 Å². The minimum absolute atomic E-state index is 0.00678. The van der Waals surface area contributed by atoms with E-state index in [-0.39, 0.29) is 47.3 Å². The largest absolute Gasteiger partial charge is 0.361 e. The molecule has 3 aliphatic rings. The van der Waals surface area contributed by atoms with Crippen LogP contribution in [0.15, 0.2) is 29.2 Å². The van der Waals surface area contributed by atoms with Crippen LogP contribution in [0.1, 0.15) is 77.4 Å². The minimum atomic E-state index is -3.87. The molecular formula is C27H36N4O4S. The number of likely N-dealkylation sites (tertiary alicyclic amines) is 1. The van der Waals surface area contributed by atoms with Gasteiger partial charge in [-0.1, -0.05) is 24.3 Å². The van der Waals surface area contributed by atoms with E-state index in [2.05, 4.69) is 22.4 Å². The Bertz CT molecular complexity index is 1250. The van der Waals surface area contributed by atoms with Crippen molar-refractivity contribution in [3.05, 3.63) is 52.3 Å². The van der Waals surface area contributed by atoms with Crippen LogP contribution in [0.2, 0.25) is 0 Å². The van der Waals surface area contributed by atoms with Gasteiger partial charge in [-0.05, 0) is 69.9 Å². The fourth-order valence-corrected chi connectivity index (χ4v) is 7.98. The molecule has 2 amide bonds. The maximum atomic E-state index is 13.7. The zero-order chi connectivity index (χ0) is 25.4. The number of fused-ring (bicyclic) bond motifs is 1. The highest BCUT2D eigenvalue weighted by molar-refractivity contribution is 7.89. The summed E-state index contributed by atoms with van der Waals surface area (Å²) in [6.45, 7) is 5.32. The lowest BCUT2D eigenvalue weighted by Gasteiger charge is -2.33. The van der Waals surface area contributed by atoms with Gasteiger partial charge >= 0.3 is 0 Å². The molecule has 2 aromatic rings. The van der Waals surface area contributed by atoms with E-state index in [1.807, 2.05) is 12.1 Å². The molecule has 2 fully saturated rings. The third kappa shape index (κ3) is 4.59. The Morgan fingerprint density at radius 1 is 0.944 bits per heavy atom. The Balaban J connectivity index is 1.27. The van der Waals surface area contributed by atoms with E-state index in [0.717, 1.165) is 32.1 Å². The molecule has 9 heteroatoms. The fourth-order valence-electron chi connectivity index (χ4n) is 6.10. The number of amides is 2. The zero-order valence-electron chi connectivity index (χ0n) is 21.2. The Morgan fingerprint density at radius 2 is 1.64 bits per heavy atom. The number of piperidine rings is 1. The zero-order valence-corrected chi connectivity index (χ0v) is 22.0. The number of nitrogens with one attached hydrogen (secondary N) is 2. The predicted molar refractivity (Wildman–Crippen MR) is 137 cm³/mol. The number of rotatable bonds is 5. The van der Waals surface area contributed by atoms with E-state index in [0.29, 0.717) is 37.3 Å². The van der Waals surface area contributed by atoms with Gasteiger partial charge in [0.1, 0.15) is 4.90 Å². The SMILES string of the molecule is Cc1[nH]c(C)c(S(=O)(=O)N2CCC(C(=O)NC3CCCc4ccccc43)CC2)c1C(=O)N1CCCC1.